The Balaban J connectivity index is 1.87. The van der Waals surface area contributed by atoms with Crippen molar-refractivity contribution in [3.63, 3.8) is 0 Å². The van der Waals surface area contributed by atoms with Crippen molar-refractivity contribution < 1.29 is 14.0 Å². The SMILES string of the molecule is CC[C@]1(O[Si](CC)(CC)CC)C2C3C=CC(C3)C2C(=O)C[C@@H]1c1ccc(OC)nc1C. The number of hydrogen-bond acceptors (Lipinski definition) is 4. The molecule has 3 aliphatic carbocycles. The summed E-state index contributed by atoms with van der Waals surface area (Å²) in [7, 11) is -0.244. The molecular formula is C26H39NO3Si. The van der Waals surface area contributed by atoms with E-state index in [0.717, 1.165) is 36.7 Å². The van der Waals surface area contributed by atoms with Crippen LogP contribution < -0.4 is 4.74 Å². The molecule has 0 N–H and O–H groups in total. The summed E-state index contributed by atoms with van der Waals surface area (Å²) in [6.07, 6.45) is 7.35. The summed E-state index contributed by atoms with van der Waals surface area (Å²) >= 11 is 0. The molecule has 170 valence electrons. The van der Waals surface area contributed by atoms with Crippen molar-refractivity contribution in [2.45, 2.75) is 83.5 Å². The average molecular weight is 442 g/mol. The van der Waals surface area contributed by atoms with Crippen LogP contribution in [0.3, 0.4) is 0 Å². The first-order valence-electron chi connectivity index (χ1n) is 12.3. The third-order valence-corrected chi connectivity index (χ3v) is 13.6. The monoisotopic (exact) mass is 441 g/mol. The highest BCUT2D eigenvalue weighted by Crippen LogP contribution is 2.63. The van der Waals surface area contributed by atoms with Gasteiger partial charge in [0.15, 0.2) is 8.32 Å². The Hall–Kier alpha value is -1.46. The molecule has 2 bridgehead atoms. The van der Waals surface area contributed by atoms with E-state index in [1.165, 1.54) is 5.56 Å². The van der Waals surface area contributed by atoms with Crippen molar-refractivity contribution in [2.24, 2.45) is 23.7 Å². The predicted octanol–water partition coefficient (Wildman–Crippen LogP) is 6.06. The fourth-order valence-electron chi connectivity index (χ4n) is 7.14. The predicted molar refractivity (Wildman–Crippen MR) is 127 cm³/mol. The van der Waals surface area contributed by atoms with Crippen LogP contribution in [0.5, 0.6) is 5.88 Å². The summed E-state index contributed by atoms with van der Waals surface area (Å²) < 4.78 is 12.9. The second kappa shape index (κ2) is 8.47. The highest BCUT2D eigenvalue weighted by Gasteiger charge is 2.64. The number of methoxy groups -OCH3 is 1. The number of ketones is 1. The number of aryl methyl sites for hydroxylation is 1. The molecule has 0 amide bonds. The molecule has 0 aromatic carbocycles. The molecule has 3 aliphatic rings. The lowest BCUT2D eigenvalue weighted by Gasteiger charge is -2.56. The first-order chi connectivity index (χ1) is 14.9. The molecule has 6 atom stereocenters. The summed E-state index contributed by atoms with van der Waals surface area (Å²) in [5.74, 6) is 2.43. The zero-order valence-electron chi connectivity index (χ0n) is 20.1. The van der Waals surface area contributed by atoms with E-state index in [4.69, 9.17) is 14.1 Å². The Morgan fingerprint density at radius 2 is 1.77 bits per heavy atom. The fourth-order valence-corrected chi connectivity index (χ4v) is 10.3. The highest BCUT2D eigenvalue weighted by molar-refractivity contribution is 6.73. The molecule has 4 rings (SSSR count). The van der Waals surface area contributed by atoms with E-state index >= 15 is 0 Å². The third-order valence-electron chi connectivity index (χ3n) is 8.97. The number of rotatable bonds is 8. The molecule has 0 radical (unpaired) electrons. The van der Waals surface area contributed by atoms with Crippen LogP contribution in [0, 0.1) is 30.6 Å². The van der Waals surface area contributed by atoms with Crippen molar-refractivity contribution in [3.05, 3.63) is 35.5 Å². The van der Waals surface area contributed by atoms with Crippen molar-refractivity contribution in [1.82, 2.24) is 4.98 Å². The number of ether oxygens (including phenoxy) is 1. The van der Waals surface area contributed by atoms with Crippen LogP contribution in [0.25, 0.3) is 0 Å². The molecule has 5 heteroatoms. The van der Waals surface area contributed by atoms with Gasteiger partial charge in [-0.05, 0) is 55.3 Å². The lowest BCUT2D eigenvalue weighted by Crippen LogP contribution is -2.61. The van der Waals surface area contributed by atoms with E-state index in [-0.39, 0.29) is 23.4 Å². The first kappa shape index (κ1) is 22.7. The number of allylic oxidation sites excluding steroid dienone is 2. The Bertz CT molecular complexity index is 856. The lowest BCUT2D eigenvalue weighted by atomic mass is 9.57. The zero-order chi connectivity index (χ0) is 22.4. The molecule has 4 nitrogen and oxygen atoms in total. The Morgan fingerprint density at radius 1 is 1.10 bits per heavy atom. The van der Waals surface area contributed by atoms with Crippen molar-refractivity contribution >= 4 is 14.1 Å². The Morgan fingerprint density at radius 3 is 2.35 bits per heavy atom. The molecule has 0 saturated heterocycles. The van der Waals surface area contributed by atoms with Crippen LogP contribution in [-0.4, -0.2) is 31.8 Å². The van der Waals surface area contributed by atoms with Gasteiger partial charge in [-0.2, -0.15) is 0 Å². The number of carbonyl (C=O) groups is 1. The van der Waals surface area contributed by atoms with Crippen molar-refractivity contribution in [3.8, 4) is 5.88 Å². The van der Waals surface area contributed by atoms with Crippen LogP contribution in [0.2, 0.25) is 18.1 Å². The molecule has 0 aliphatic heterocycles. The summed E-state index contributed by atoms with van der Waals surface area (Å²) in [6.45, 7) is 11.3. The van der Waals surface area contributed by atoms with E-state index in [0.29, 0.717) is 29.9 Å². The summed E-state index contributed by atoms with van der Waals surface area (Å²) in [5.41, 5.74) is 1.85. The number of pyridine rings is 1. The van der Waals surface area contributed by atoms with Gasteiger partial charge in [-0.15, -0.1) is 0 Å². The largest absolute Gasteiger partial charge is 0.481 e. The lowest BCUT2D eigenvalue weighted by molar-refractivity contribution is -0.143. The topological polar surface area (TPSA) is 48.4 Å². The van der Waals surface area contributed by atoms with Gasteiger partial charge in [-0.1, -0.05) is 45.9 Å². The molecule has 31 heavy (non-hydrogen) atoms. The smallest absolute Gasteiger partial charge is 0.213 e. The van der Waals surface area contributed by atoms with Gasteiger partial charge in [0.25, 0.3) is 0 Å². The van der Waals surface area contributed by atoms with E-state index in [1.807, 2.05) is 6.07 Å². The van der Waals surface area contributed by atoms with Gasteiger partial charge in [0, 0.05) is 35.9 Å². The number of hydrogen-bond donors (Lipinski definition) is 0. The molecular weight excluding hydrogens is 402 g/mol. The minimum atomic E-state index is -1.90. The molecule has 4 unspecified atom stereocenters. The van der Waals surface area contributed by atoms with Gasteiger partial charge in [0.05, 0.1) is 12.7 Å². The van der Waals surface area contributed by atoms with E-state index < -0.39 is 8.32 Å². The minimum absolute atomic E-state index is 0.0638. The zero-order valence-corrected chi connectivity index (χ0v) is 21.1. The maximum atomic E-state index is 13.5. The van der Waals surface area contributed by atoms with Gasteiger partial charge in [0.2, 0.25) is 5.88 Å². The van der Waals surface area contributed by atoms with Gasteiger partial charge in [-0.3, -0.25) is 4.79 Å². The molecule has 0 spiro atoms. The van der Waals surface area contributed by atoms with Crippen LogP contribution in [0.4, 0.5) is 0 Å². The second-order valence-corrected chi connectivity index (χ2v) is 14.6. The standard InChI is InChI=1S/C26H39NO3Si/c1-7-26(30-31(8-2,9-3)10-4)21(20-13-14-23(29-6)27-17(20)5)16-22(28)24-18-11-12-19(15-18)25(24)26/h11-14,18-19,21,24-25H,7-10,15-16H2,1-6H3/t18?,19?,21-,24?,25?,26-/m1/s1. The fraction of sp³-hybridized carbons (Fsp3) is 0.692. The highest BCUT2D eigenvalue weighted by atomic mass is 28.4. The Labute approximate surface area is 189 Å². The number of carbonyl (C=O) groups excluding carboxylic acids is 1. The minimum Gasteiger partial charge on any atom is -0.481 e. The first-order valence-corrected chi connectivity index (χ1v) is 14.8. The van der Waals surface area contributed by atoms with Crippen LogP contribution >= 0.6 is 0 Å². The summed E-state index contributed by atoms with van der Waals surface area (Å²) in [5, 5.41) is 0. The number of Topliss-reactive ketones (excluding diaryl/α,β-unsaturated/α-hetero) is 1. The number of aromatic nitrogens is 1. The average Bonchev–Trinajstić information content (AvgIpc) is 3.42. The van der Waals surface area contributed by atoms with Crippen LogP contribution in [0.1, 0.15) is 64.1 Å². The Kier molecular flexibility index (Phi) is 6.21. The van der Waals surface area contributed by atoms with E-state index in [2.05, 4.69) is 52.8 Å². The van der Waals surface area contributed by atoms with Gasteiger partial charge in [-0.25, -0.2) is 4.98 Å². The maximum absolute atomic E-state index is 13.5. The second-order valence-electron chi connectivity index (χ2n) is 9.91. The van der Waals surface area contributed by atoms with Crippen LogP contribution in [-0.2, 0) is 9.22 Å². The third kappa shape index (κ3) is 3.43. The number of nitrogens with zero attached hydrogens (tertiary/aromatic N) is 1. The summed E-state index contributed by atoms with van der Waals surface area (Å²) in [4.78, 5) is 18.2. The quantitative estimate of drug-likeness (QED) is 0.363. The van der Waals surface area contributed by atoms with Crippen LogP contribution in [0.15, 0.2) is 24.3 Å². The van der Waals surface area contributed by atoms with Crippen molar-refractivity contribution in [1.29, 1.82) is 0 Å². The summed E-state index contributed by atoms with van der Waals surface area (Å²) in [6, 6.07) is 7.48. The molecule has 2 fully saturated rings. The molecule has 1 aromatic heterocycles. The molecule has 1 heterocycles. The van der Waals surface area contributed by atoms with Gasteiger partial charge < -0.3 is 9.16 Å². The maximum Gasteiger partial charge on any atom is 0.213 e. The number of fused-ring (bicyclic) bond motifs is 5. The van der Waals surface area contributed by atoms with E-state index in [9.17, 15) is 4.79 Å². The molecule has 2 saturated carbocycles. The van der Waals surface area contributed by atoms with Gasteiger partial charge in [0.1, 0.15) is 5.78 Å². The van der Waals surface area contributed by atoms with Gasteiger partial charge >= 0.3 is 0 Å². The normalized spacial score (nSPS) is 34.3. The van der Waals surface area contributed by atoms with Crippen molar-refractivity contribution in [2.75, 3.05) is 7.11 Å². The van der Waals surface area contributed by atoms with E-state index in [1.54, 1.807) is 7.11 Å². The molecule has 1 aromatic rings.